The first-order chi connectivity index (χ1) is 8.96. The summed E-state index contributed by atoms with van der Waals surface area (Å²) >= 11 is 0. The normalized spacial score (nSPS) is 23.7. The molecule has 0 amide bonds. The molecule has 0 spiro atoms. The van der Waals surface area contributed by atoms with Gasteiger partial charge in [0.1, 0.15) is 0 Å². The van der Waals surface area contributed by atoms with E-state index < -0.39 is 10.2 Å². The van der Waals surface area contributed by atoms with Gasteiger partial charge in [-0.05, 0) is 25.7 Å². The molecule has 0 aromatic rings. The Balaban J connectivity index is 2.73. The first-order valence-corrected chi connectivity index (χ1v) is 8.89. The SMILES string of the molecule is CCC(CC)C(C)NS(=O)(=O)N1CCCCC1CN. The molecule has 0 saturated carbocycles. The summed E-state index contributed by atoms with van der Waals surface area (Å²) in [6.07, 6.45) is 4.84. The maximum absolute atomic E-state index is 12.5. The van der Waals surface area contributed by atoms with Crippen molar-refractivity contribution >= 4 is 10.2 Å². The molecule has 1 heterocycles. The minimum absolute atomic E-state index is 0.0275. The first-order valence-electron chi connectivity index (χ1n) is 7.45. The van der Waals surface area contributed by atoms with Crippen molar-refractivity contribution in [3.05, 3.63) is 0 Å². The van der Waals surface area contributed by atoms with Crippen LogP contribution in [0, 0.1) is 5.92 Å². The van der Waals surface area contributed by atoms with Gasteiger partial charge < -0.3 is 5.73 Å². The minimum Gasteiger partial charge on any atom is -0.329 e. The summed E-state index contributed by atoms with van der Waals surface area (Å²) in [5, 5.41) is 0. The van der Waals surface area contributed by atoms with Crippen molar-refractivity contribution in [2.24, 2.45) is 11.7 Å². The van der Waals surface area contributed by atoms with Gasteiger partial charge in [0.15, 0.2) is 0 Å². The fourth-order valence-corrected chi connectivity index (χ4v) is 4.67. The third-order valence-electron chi connectivity index (χ3n) is 4.24. The summed E-state index contributed by atoms with van der Waals surface area (Å²) in [6, 6.07) is -0.0690. The molecule has 2 unspecified atom stereocenters. The smallest absolute Gasteiger partial charge is 0.279 e. The van der Waals surface area contributed by atoms with E-state index in [2.05, 4.69) is 18.6 Å². The highest BCUT2D eigenvalue weighted by molar-refractivity contribution is 7.87. The summed E-state index contributed by atoms with van der Waals surface area (Å²) in [5.74, 6) is 0.385. The lowest BCUT2D eigenvalue weighted by Gasteiger charge is -2.35. The number of hydrogen-bond acceptors (Lipinski definition) is 3. The molecule has 3 N–H and O–H groups in total. The van der Waals surface area contributed by atoms with Crippen LogP contribution in [-0.4, -0.2) is 37.9 Å². The Morgan fingerprint density at radius 2 is 1.95 bits per heavy atom. The molecule has 0 aromatic carbocycles. The lowest BCUT2D eigenvalue weighted by atomic mass is 9.96. The maximum atomic E-state index is 12.5. The topological polar surface area (TPSA) is 75.4 Å². The van der Waals surface area contributed by atoms with Gasteiger partial charge in [0.25, 0.3) is 10.2 Å². The molecule has 5 nitrogen and oxygen atoms in total. The third kappa shape index (κ3) is 4.41. The standard InChI is InChI=1S/C13H29N3O2S/c1-4-12(5-2)11(3)15-19(17,18)16-9-7-6-8-13(16)10-14/h11-13,15H,4-10,14H2,1-3H3. The molecule has 0 radical (unpaired) electrons. The van der Waals surface area contributed by atoms with E-state index >= 15 is 0 Å². The highest BCUT2D eigenvalue weighted by Gasteiger charge is 2.33. The number of hydrogen-bond donors (Lipinski definition) is 2. The van der Waals surface area contributed by atoms with Gasteiger partial charge in [0.2, 0.25) is 0 Å². The summed E-state index contributed by atoms with van der Waals surface area (Å²) in [6.45, 7) is 7.15. The average molecular weight is 291 g/mol. The lowest BCUT2D eigenvalue weighted by Crippen LogP contribution is -2.54. The van der Waals surface area contributed by atoms with Crippen LogP contribution in [0.4, 0.5) is 0 Å². The van der Waals surface area contributed by atoms with Crippen molar-refractivity contribution < 1.29 is 8.42 Å². The molecule has 0 aromatic heterocycles. The van der Waals surface area contributed by atoms with Gasteiger partial charge in [-0.3, -0.25) is 0 Å². The molecular weight excluding hydrogens is 262 g/mol. The van der Waals surface area contributed by atoms with Crippen LogP contribution in [0.15, 0.2) is 0 Å². The second kappa shape index (κ2) is 7.57. The highest BCUT2D eigenvalue weighted by atomic mass is 32.2. The van der Waals surface area contributed by atoms with E-state index in [0.717, 1.165) is 32.1 Å². The van der Waals surface area contributed by atoms with Crippen molar-refractivity contribution in [1.29, 1.82) is 0 Å². The van der Waals surface area contributed by atoms with Gasteiger partial charge in [0.05, 0.1) is 0 Å². The van der Waals surface area contributed by atoms with Gasteiger partial charge in [-0.2, -0.15) is 17.4 Å². The number of rotatable bonds is 7. The van der Waals surface area contributed by atoms with Crippen LogP contribution < -0.4 is 10.5 Å². The molecule has 2 atom stereocenters. The molecule has 1 rings (SSSR count). The van der Waals surface area contributed by atoms with Gasteiger partial charge in [-0.1, -0.05) is 33.1 Å². The number of nitrogens with one attached hydrogen (secondary N) is 1. The van der Waals surface area contributed by atoms with Crippen LogP contribution in [-0.2, 0) is 10.2 Å². The Kier molecular flexibility index (Phi) is 6.73. The van der Waals surface area contributed by atoms with E-state index in [-0.39, 0.29) is 12.1 Å². The van der Waals surface area contributed by atoms with Crippen molar-refractivity contribution in [2.75, 3.05) is 13.1 Å². The average Bonchev–Trinajstić information content (AvgIpc) is 2.39. The van der Waals surface area contributed by atoms with E-state index in [1.54, 1.807) is 4.31 Å². The highest BCUT2D eigenvalue weighted by Crippen LogP contribution is 2.20. The fraction of sp³-hybridized carbons (Fsp3) is 1.00. The zero-order chi connectivity index (χ0) is 14.5. The maximum Gasteiger partial charge on any atom is 0.279 e. The molecule has 0 bridgehead atoms. The molecule has 1 aliphatic rings. The Morgan fingerprint density at radius 3 is 2.47 bits per heavy atom. The number of piperidine rings is 1. The Morgan fingerprint density at radius 1 is 1.32 bits per heavy atom. The van der Waals surface area contributed by atoms with Crippen LogP contribution in [0.25, 0.3) is 0 Å². The minimum atomic E-state index is -3.41. The zero-order valence-electron chi connectivity index (χ0n) is 12.4. The van der Waals surface area contributed by atoms with Crippen LogP contribution in [0.5, 0.6) is 0 Å². The molecule has 114 valence electrons. The molecular formula is C13H29N3O2S. The third-order valence-corrected chi connectivity index (χ3v) is 6.01. The molecule has 1 aliphatic heterocycles. The van der Waals surface area contributed by atoms with Crippen LogP contribution in [0.1, 0.15) is 52.9 Å². The lowest BCUT2D eigenvalue weighted by molar-refractivity contribution is 0.250. The molecule has 1 fully saturated rings. The summed E-state index contributed by atoms with van der Waals surface area (Å²) < 4.78 is 29.3. The predicted molar refractivity (Wildman–Crippen MR) is 79.0 cm³/mol. The second-order valence-electron chi connectivity index (χ2n) is 5.48. The monoisotopic (exact) mass is 291 g/mol. The fourth-order valence-electron chi connectivity index (χ4n) is 2.92. The van der Waals surface area contributed by atoms with E-state index in [1.165, 1.54) is 0 Å². The summed E-state index contributed by atoms with van der Waals surface area (Å²) in [7, 11) is -3.41. The van der Waals surface area contributed by atoms with Gasteiger partial charge >= 0.3 is 0 Å². The molecule has 6 heteroatoms. The first kappa shape index (κ1) is 16.9. The quantitative estimate of drug-likeness (QED) is 0.745. The zero-order valence-corrected chi connectivity index (χ0v) is 13.2. The number of nitrogens with zero attached hydrogens (tertiary/aromatic N) is 1. The molecule has 19 heavy (non-hydrogen) atoms. The van der Waals surface area contributed by atoms with E-state index in [1.807, 2.05) is 6.92 Å². The van der Waals surface area contributed by atoms with Crippen LogP contribution in [0.3, 0.4) is 0 Å². The van der Waals surface area contributed by atoms with Crippen LogP contribution in [0.2, 0.25) is 0 Å². The number of nitrogens with two attached hydrogens (primary N) is 1. The van der Waals surface area contributed by atoms with Crippen molar-refractivity contribution in [3.8, 4) is 0 Å². The second-order valence-corrected chi connectivity index (χ2v) is 7.14. The Hall–Kier alpha value is -0.170. The van der Waals surface area contributed by atoms with Crippen molar-refractivity contribution in [3.63, 3.8) is 0 Å². The summed E-state index contributed by atoms with van der Waals surface area (Å²) in [5.41, 5.74) is 5.70. The Bertz CT molecular complexity index is 355. The van der Waals surface area contributed by atoms with E-state index in [4.69, 9.17) is 5.73 Å². The van der Waals surface area contributed by atoms with E-state index in [0.29, 0.717) is 19.0 Å². The predicted octanol–water partition coefficient (Wildman–Crippen LogP) is 1.46. The summed E-state index contributed by atoms with van der Waals surface area (Å²) in [4.78, 5) is 0. The largest absolute Gasteiger partial charge is 0.329 e. The van der Waals surface area contributed by atoms with Gasteiger partial charge in [0, 0.05) is 25.2 Å². The van der Waals surface area contributed by atoms with Gasteiger partial charge in [-0.15, -0.1) is 0 Å². The van der Waals surface area contributed by atoms with Gasteiger partial charge in [-0.25, -0.2) is 0 Å². The van der Waals surface area contributed by atoms with Crippen molar-refractivity contribution in [2.45, 2.75) is 65.0 Å². The molecule has 1 saturated heterocycles. The Labute approximate surface area is 118 Å². The van der Waals surface area contributed by atoms with E-state index in [9.17, 15) is 8.42 Å². The molecule has 0 aliphatic carbocycles. The van der Waals surface area contributed by atoms with Crippen LogP contribution >= 0.6 is 0 Å². The van der Waals surface area contributed by atoms with Crippen molar-refractivity contribution in [1.82, 2.24) is 9.03 Å².